The van der Waals surface area contributed by atoms with Crippen molar-refractivity contribution in [1.29, 1.82) is 0 Å². The van der Waals surface area contributed by atoms with E-state index < -0.39 is 0 Å². The molecule has 2 nitrogen and oxygen atoms in total. The van der Waals surface area contributed by atoms with Crippen molar-refractivity contribution in [3.63, 3.8) is 0 Å². The maximum absolute atomic E-state index is 4.86. The molecule has 2 aromatic carbocycles. The fourth-order valence-electron chi connectivity index (χ4n) is 2.63. The number of aromatic nitrogens is 2. The second-order valence-electron chi connectivity index (χ2n) is 5.04. The van der Waals surface area contributed by atoms with Crippen molar-refractivity contribution in [2.75, 3.05) is 0 Å². The molecule has 0 N–H and O–H groups in total. The Morgan fingerprint density at radius 2 is 1.48 bits per heavy atom. The highest BCUT2D eigenvalue weighted by atomic mass is 32.1. The summed E-state index contributed by atoms with van der Waals surface area (Å²) in [6, 6.07) is 20.9. The van der Waals surface area contributed by atoms with Crippen molar-refractivity contribution in [3.05, 3.63) is 71.7 Å². The van der Waals surface area contributed by atoms with Gasteiger partial charge >= 0.3 is 0 Å². The highest BCUT2D eigenvalue weighted by molar-refractivity contribution is 7.17. The molecule has 21 heavy (non-hydrogen) atoms. The lowest BCUT2D eigenvalue weighted by Gasteiger charge is -2.04. The minimum atomic E-state index is 1.05. The Morgan fingerprint density at radius 1 is 0.857 bits per heavy atom. The van der Waals surface area contributed by atoms with Crippen molar-refractivity contribution < 1.29 is 0 Å². The Hall–Kier alpha value is -2.39. The minimum absolute atomic E-state index is 1.05. The van der Waals surface area contributed by atoms with Gasteiger partial charge in [0, 0.05) is 22.2 Å². The molecule has 0 radical (unpaired) electrons. The van der Waals surface area contributed by atoms with Gasteiger partial charge < -0.3 is 0 Å². The highest BCUT2D eigenvalue weighted by Crippen LogP contribution is 2.34. The Balaban J connectivity index is 2.05. The second-order valence-corrected chi connectivity index (χ2v) is 6.25. The number of thiazole rings is 1. The van der Waals surface area contributed by atoms with Gasteiger partial charge in [0.2, 0.25) is 0 Å². The molecule has 0 atom stereocenters. The third kappa shape index (κ3) is 2.06. The maximum atomic E-state index is 4.86. The molecule has 3 heteroatoms. The van der Waals surface area contributed by atoms with E-state index in [0.29, 0.717) is 0 Å². The lowest BCUT2D eigenvalue weighted by atomic mass is 10.1. The van der Waals surface area contributed by atoms with Gasteiger partial charge in [-0.1, -0.05) is 60.7 Å². The zero-order valence-corrected chi connectivity index (χ0v) is 12.5. The molecule has 4 rings (SSSR count). The SMILES string of the molecule is Cc1cn2c(-c3ccccc3)c(-c3ccccc3)nc2s1. The van der Waals surface area contributed by atoms with Crippen molar-refractivity contribution in [1.82, 2.24) is 9.38 Å². The molecule has 0 unspecified atom stereocenters. The average Bonchev–Trinajstić information content (AvgIpc) is 3.05. The van der Waals surface area contributed by atoms with Crippen molar-refractivity contribution in [2.24, 2.45) is 0 Å². The predicted octanol–water partition coefficient (Wildman–Crippen LogP) is 5.04. The smallest absolute Gasteiger partial charge is 0.194 e. The Kier molecular flexibility index (Phi) is 2.86. The van der Waals surface area contributed by atoms with Crippen LogP contribution in [0.1, 0.15) is 4.88 Å². The van der Waals surface area contributed by atoms with E-state index in [9.17, 15) is 0 Å². The fraction of sp³-hybridized carbons (Fsp3) is 0.0556. The molecule has 0 aliphatic heterocycles. The second kappa shape index (κ2) is 4.86. The number of benzene rings is 2. The van der Waals surface area contributed by atoms with Gasteiger partial charge in [-0.2, -0.15) is 0 Å². The van der Waals surface area contributed by atoms with Gasteiger partial charge in [0.05, 0.1) is 11.4 Å². The van der Waals surface area contributed by atoms with E-state index in [-0.39, 0.29) is 0 Å². The maximum Gasteiger partial charge on any atom is 0.194 e. The average molecular weight is 290 g/mol. The molecule has 0 amide bonds. The predicted molar refractivity (Wildman–Crippen MR) is 88.7 cm³/mol. The molecule has 0 saturated heterocycles. The summed E-state index contributed by atoms with van der Waals surface area (Å²) < 4.78 is 2.21. The van der Waals surface area contributed by atoms with Crippen LogP contribution in [-0.2, 0) is 0 Å². The van der Waals surface area contributed by atoms with E-state index in [1.807, 2.05) is 12.1 Å². The summed E-state index contributed by atoms with van der Waals surface area (Å²) in [5, 5.41) is 0. The molecule has 0 aliphatic rings. The van der Waals surface area contributed by atoms with E-state index in [4.69, 9.17) is 4.98 Å². The van der Waals surface area contributed by atoms with E-state index in [1.165, 1.54) is 16.1 Å². The summed E-state index contributed by atoms with van der Waals surface area (Å²) >= 11 is 1.73. The Bertz CT molecular complexity index is 889. The molecule has 4 aromatic rings. The van der Waals surface area contributed by atoms with Crippen LogP contribution < -0.4 is 0 Å². The molecular formula is C18H14N2S. The number of aryl methyl sites for hydroxylation is 1. The van der Waals surface area contributed by atoms with Crippen LogP contribution in [0.3, 0.4) is 0 Å². The first-order chi connectivity index (χ1) is 10.3. The Labute approximate surface area is 127 Å². The van der Waals surface area contributed by atoms with E-state index >= 15 is 0 Å². The van der Waals surface area contributed by atoms with Crippen LogP contribution >= 0.6 is 11.3 Å². The quantitative estimate of drug-likeness (QED) is 0.505. The molecule has 2 heterocycles. The summed E-state index contributed by atoms with van der Waals surface area (Å²) in [6.45, 7) is 2.12. The van der Waals surface area contributed by atoms with Crippen LogP contribution in [0.4, 0.5) is 0 Å². The molecular weight excluding hydrogens is 276 g/mol. The van der Waals surface area contributed by atoms with Crippen LogP contribution in [0.2, 0.25) is 0 Å². The van der Waals surface area contributed by atoms with E-state index in [0.717, 1.165) is 16.2 Å². The number of rotatable bonds is 2. The molecule has 0 fully saturated rings. The summed E-state index contributed by atoms with van der Waals surface area (Å²) in [4.78, 5) is 7.18. The first-order valence-corrected chi connectivity index (χ1v) is 7.74. The standard InChI is InChI=1S/C18H14N2S/c1-13-12-20-17(15-10-6-3-7-11-15)16(19-18(20)21-13)14-8-4-2-5-9-14/h2-12H,1H3. The van der Waals surface area contributed by atoms with Gasteiger partial charge in [-0.25, -0.2) is 4.98 Å². The number of hydrogen-bond donors (Lipinski definition) is 0. The van der Waals surface area contributed by atoms with Crippen LogP contribution in [0.25, 0.3) is 27.5 Å². The van der Waals surface area contributed by atoms with Gasteiger partial charge in [-0.05, 0) is 6.92 Å². The van der Waals surface area contributed by atoms with Crippen molar-refractivity contribution >= 4 is 16.3 Å². The topological polar surface area (TPSA) is 17.3 Å². The van der Waals surface area contributed by atoms with Crippen LogP contribution in [0.5, 0.6) is 0 Å². The molecule has 0 aliphatic carbocycles. The minimum Gasteiger partial charge on any atom is -0.289 e. The number of fused-ring (bicyclic) bond motifs is 1. The van der Waals surface area contributed by atoms with E-state index in [1.54, 1.807) is 11.3 Å². The summed E-state index contributed by atoms with van der Waals surface area (Å²) in [5.41, 5.74) is 4.57. The molecule has 0 spiro atoms. The zero-order valence-electron chi connectivity index (χ0n) is 11.7. The normalized spacial score (nSPS) is 11.1. The van der Waals surface area contributed by atoms with Gasteiger partial charge in [-0.3, -0.25) is 4.40 Å². The van der Waals surface area contributed by atoms with Gasteiger partial charge in [-0.15, -0.1) is 11.3 Å². The largest absolute Gasteiger partial charge is 0.289 e. The summed E-state index contributed by atoms with van der Waals surface area (Å²) in [5.74, 6) is 0. The van der Waals surface area contributed by atoms with Crippen LogP contribution in [-0.4, -0.2) is 9.38 Å². The molecule has 102 valence electrons. The van der Waals surface area contributed by atoms with Gasteiger partial charge in [0.25, 0.3) is 0 Å². The fourth-order valence-corrected chi connectivity index (χ4v) is 3.45. The number of nitrogens with zero attached hydrogens (tertiary/aromatic N) is 2. The molecule has 0 saturated carbocycles. The molecule has 2 aromatic heterocycles. The zero-order chi connectivity index (χ0) is 14.2. The lowest BCUT2D eigenvalue weighted by Crippen LogP contribution is -1.87. The summed E-state index contributed by atoms with van der Waals surface area (Å²) in [6.07, 6.45) is 2.17. The first-order valence-electron chi connectivity index (χ1n) is 6.92. The third-order valence-corrected chi connectivity index (χ3v) is 4.43. The third-order valence-electron chi connectivity index (χ3n) is 3.54. The first kappa shape index (κ1) is 12.4. The van der Waals surface area contributed by atoms with Gasteiger partial charge in [0.1, 0.15) is 0 Å². The number of hydrogen-bond acceptors (Lipinski definition) is 2. The van der Waals surface area contributed by atoms with Crippen molar-refractivity contribution in [2.45, 2.75) is 6.92 Å². The van der Waals surface area contributed by atoms with Crippen LogP contribution in [0, 0.1) is 6.92 Å². The number of imidazole rings is 1. The Morgan fingerprint density at radius 3 is 2.14 bits per heavy atom. The monoisotopic (exact) mass is 290 g/mol. The molecule has 0 bridgehead atoms. The van der Waals surface area contributed by atoms with Crippen molar-refractivity contribution in [3.8, 4) is 22.5 Å². The highest BCUT2D eigenvalue weighted by Gasteiger charge is 2.16. The van der Waals surface area contributed by atoms with E-state index in [2.05, 4.69) is 66.1 Å². The summed E-state index contributed by atoms with van der Waals surface area (Å²) in [7, 11) is 0. The van der Waals surface area contributed by atoms with Gasteiger partial charge in [0.15, 0.2) is 4.96 Å². The lowest BCUT2D eigenvalue weighted by molar-refractivity contribution is 1.22. The van der Waals surface area contributed by atoms with Crippen LogP contribution in [0.15, 0.2) is 66.9 Å².